The molecular formula is C21H18F3N3O3S. The molecule has 1 heterocycles. The third-order valence-corrected chi connectivity index (χ3v) is 5.05. The first-order valence-corrected chi connectivity index (χ1v) is 10.4. The predicted octanol–water partition coefficient (Wildman–Crippen LogP) is 5.04. The molecule has 31 heavy (non-hydrogen) atoms. The van der Waals surface area contributed by atoms with Gasteiger partial charge in [-0.2, -0.15) is 18.3 Å². The van der Waals surface area contributed by atoms with Gasteiger partial charge in [-0.05, 0) is 49.6 Å². The van der Waals surface area contributed by atoms with Gasteiger partial charge in [0.15, 0.2) is 5.69 Å². The molecule has 0 saturated carbocycles. The first-order valence-electron chi connectivity index (χ1n) is 9.13. The number of rotatable bonds is 6. The summed E-state index contributed by atoms with van der Waals surface area (Å²) in [6, 6.07) is 12.7. The van der Waals surface area contributed by atoms with E-state index in [-0.39, 0.29) is 18.2 Å². The molecule has 0 atom stereocenters. The average Bonchev–Trinajstić information content (AvgIpc) is 3.20. The van der Waals surface area contributed by atoms with Crippen LogP contribution in [0.4, 0.5) is 18.9 Å². The Kier molecular flexibility index (Phi) is 6.69. The molecule has 1 N–H and O–H groups in total. The van der Waals surface area contributed by atoms with Crippen molar-refractivity contribution in [2.75, 3.05) is 18.2 Å². The van der Waals surface area contributed by atoms with E-state index in [1.165, 1.54) is 43.0 Å². The summed E-state index contributed by atoms with van der Waals surface area (Å²) in [5.74, 6) is -1.44. The maximum absolute atomic E-state index is 13.6. The topological polar surface area (TPSA) is 73.2 Å². The number of aromatic nitrogens is 2. The van der Waals surface area contributed by atoms with Gasteiger partial charge in [0.25, 0.3) is 5.91 Å². The summed E-state index contributed by atoms with van der Waals surface area (Å²) in [6.07, 6.45) is -2.14. The number of amides is 1. The van der Waals surface area contributed by atoms with E-state index >= 15 is 0 Å². The van der Waals surface area contributed by atoms with E-state index in [2.05, 4.69) is 10.4 Å². The maximum Gasteiger partial charge on any atom is 0.434 e. The van der Waals surface area contributed by atoms with Crippen molar-refractivity contribution in [1.29, 1.82) is 0 Å². The highest BCUT2D eigenvalue weighted by Crippen LogP contribution is 2.34. The minimum Gasteiger partial charge on any atom is -0.462 e. The quantitative estimate of drug-likeness (QED) is 0.422. The second-order valence-electron chi connectivity index (χ2n) is 6.24. The molecule has 1 amide bonds. The van der Waals surface area contributed by atoms with Crippen LogP contribution in [0.3, 0.4) is 0 Å². The van der Waals surface area contributed by atoms with Crippen LogP contribution in [0.1, 0.15) is 33.3 Å². The summed E-state index contributed by atoms with van der Waals surface area (Å²) in [6.45, 7) is 1.44. The van der Waals surface area contributed by atoms with E-state index in [9.17, 15) is 22.8 Å². The lowest BCUT2D eigenvalue weighted by atomic mass is 10.2. The highest BCUT2D eigenvalue weighted by molar-refractivity contribution is 7.98. The molecule has 0 aliphatic carbocycles. The van der Waals surface area contributed by atoms with E-state index in [0.717, 1.165) is 11.1 Å². The van der Waals surface area contributed by atoms with E-state index in [1.807, 2.05) is 18.4 Å². The molecule has 0 radical (unpaired) electrons. The maximum atomic E-state index is 13.6. The van der Waals surface area contributed by atoms with Crippen LogP contribution in [-0.2, 0) is 10.9 Å². The lowest BCUT2D eigenvalue weighted by Crippen LogP contribution is -2.18. The average molecular weight is 449 g/mol. The van der Waals surface area contributed by atoms with Crippen molar-refractivity contribution in [1.82, 2.24) is 9.78 Å². The second kappa shape index (κ2) is 9.25. The summed E-state index contributed by atoms with van der Waals surface area (Å²) >= 11 is 1.43. The summed E-state index contributed by atoms with van der Waals surface area (Å²) < 4.78 is 46.2. The van der Waals surface area contributed by atoms with Crippen LogP contribution in [0.15, 0.2) is 59.6 Å². The number of anilines is 1. The van der Waals surface area contributed by atoms with Crippen LogP contribution in [-0.4, -0.2) is 34.5 Å². The van der Waals surface area contributed by atoms with E-state index in [0.29, 0.717) is 15.9 Å². The minimum absolute atomic E-state index is 0.0601. The molecule has 0 unspecified atom stereocenters. The molecule has 3 aromatic rings. The van der Waals surface area contributed by atoms with Crippen molar-refractivity contribution >= 4 is 29.3 Å². The Hall–Kier alpha value is -3.27. The van der Waals surface area contributed by atoms with Gasteiger partial charge in [-0.1, -0.05) is 12.1 Å². The molecule has 10 heteroatoms. The molecule has 1 aromatic heterocycles. The SMILES string of the molecule is CCOC(=O)c1cnn(-c2ccc(NC(=O)c3ccccc3SC)cc2)c1C(F)(F)F. The Morgan fingerprint density at radius 3 is 2.39 bits per heavy atom. The first-order chi connectivity index (χ1) is 14.8. The Morgan fingerprint density at radius 1 is 1.10 bits per heavy atom. The number of nitrogens with zero attached hydrogens (tertiary/aromatic N) is 2. The van der Waals surface area contributed by atoms with Gasteiger partial charge in [0.05, 0.1) is 24.1 Å². The van der Waals surface area contributed by atoms with Crippen molar-refractivity contribution < 1.29 is 27.5 Å². The smallest absolute Gasteiger partial charge is 0.434 e. The summed E-state index contributed by atoms with van der Waals surface area (Å²) in [5.41, 5.74) is -0.928. The monoisotopic (exact) mass is 449 g/mol. The van der Waals surface area contributed by atoms with Gasteiger partial charge in [0, 0.05) is 10.6 Å². The Bertz CT molecular complexity index is 1100. The molecule has 2 aromatic carbocycles. The highest BCUT2D eigenvalue weighted by atomic mass is 32.2. The number of hydrogen-bond donors (Lipinski definition) is 1. The van der Waals surface area contributed by atoms with Crippen molar-refractivity contribution in [3.05, 3.63) is 71.5 Å². The largest absolute Gasteiger partial charge is 0.462 e. The van der Waals surface area contributed by atoms with Gasteiger partial charge in [-0.25, -0.2) is 9.48 Å². The van der Waals surface area contributed by atoms with Gasteiger partial charge in [-0.3, -0.25) is 4.79 Å². The molecule has 0 aliphatic rings. The van der Waals surface area contributed by atoms with Crippen LogP contribution in [0.5, 0.6) is 0 Å². The van der Waals surface area contributed by atoms with E-state index in [1.54, 1.807) is 12.1 Å². The number of ether oxygens (including phenoxy) is 1. The Balaban J connectivity index is 1.88. The van der Waals surface area contributed by atoms with Gasteiger partial charge < -0.3 is 10.1 Å². The van der Waals surface area contributed by atoms with Crippen LogP contribution in [0.25, 0.3) is 5.69 Å². The van der Waals surface area contributed by atoms with Gasteiger partial charge in [-0.15, -0.1) is 11.8 Å². The normalized spacial score (nSPS) is 11.3. The molecule has 0 aliphatic heterocycles. The molecule has 0 fully saturated rings. The van der Waals surface area contributed by atoms with Crippen LogP contribution >= 0.6 is 11.8 Å². The molecular weight excluding hydrogens is 431 g/mol. The number of halogens is 3. The van der Waals surface area contributed by atoms with Gasteiger partial charge in [0.2, 0.25) is 0 Å². The van der Waals surface area contributed by atoms with Gasteiger partial charge in [0.1, 0.15) is 5.56 Å². The molecule has 0 saturated heterocycles. The van der Waals surface area contributed by atoms with Crippen molar-refractivity contribution in [3.63, 3.8) is 0 Å². The third-order valence-electron chi connectivity index (χ3n) is 4.25. The number of alkyl halides is 3. The highest BCUT2D eigenvalue weighted by Gasteiger charge is 2.41. The lowest BCUT2D eigenvalue weighted by molar-refractivity contribution is -0.143. The number of carbonyl (C=O) groups is 2. The number of thioether (sulfide) groups is 1. The number of benzene rings is 2. The van der Waals surface area contributed by atoms with Crippen LogP contribution in [0, 0.1) is 0 Å². The summed E-state index contributed by atoms with van der Waals surface area (Å²) in [5, 5.41) is 6.44. The van der Waals surface area contributed by atoms with Crippen molar-refractivity contribution in [2.24, 2.45) is 0 Å². The zero-order chi connectivity index (χ0) is 22.6. The number of nitrogens with one attached hydrogen (secondary N) is 1. The van der Waals surface area contributed by atoms with Crippen molar-refractivity contribution in [2.45, 2.75) is 18.0 Å². The minimum atomic E-state index is -4.83. The lowest BCUT2D eigenvalue weighted by Gasteiger charge is -2.13. The summed E-state index contributed by atoms with van der Waals surface area (Å²) in [4.78, 5) is 25.2. The van der Waals surface area contributed by atoms with E-state index in [4.69, 9.17) is 4.74 Å². The van der Waals surface area contributed by atoms with Crippen molar-refractivity contribution in [3.8, 4) is 5.69 Å². The molecule has 6 nitrogen and oxygen atoms in total. The Morgan fingerprint density at radius 2 is 1.77 bits per heavy atom. The molecule has 0 spiro atoms. The number of esters is 1. The van der Waals surface area contributed by atoms with Crippen LogP contribution < -0.4 is 5.32 Å². The fourth-order valence-corrected chi connectivity index (χ4v) is 3.49. The first kappa shape index (κ1) is 22.4. The van der Waals surface area contributed by atoms with Crippen LogP contribution in [0.2, 0.25) is 0 Å². The fourth-order valence-electron chi connectivity index (χ4n) is 2.89. The fraction of sp³-hybridized carbons (Fsp3) is 0.190. The molecule has 3 rings (SSSR count). The zero-order valence-electron chi connectivity index (χ0n) is 16.6. The van der Waals surface area contributed by atoms with E-state index < -0.39 is 23.4 Å². The molecule has 162 valence electrons. The second-order valence-corrected chi connectivity index (χ2v) is 7.09. The predicted molar refractivity (Wildman–Crippen MR) is 111 cm³/mol. The molecule has 0 bridgehead atoms. The Labute approximate surface area is 180 Å². The van der Waals surface area contributed by atoms with Gasteiger partial charge >= 0.3 is 12.1 Å². The number of carbonyl (C=O) groups excluding carboxylic acids is 2. The number of hydrogen-bond acceptors (Lipinski definition) is 5. The third kappa shape index (κ3) is 4.91. The summed E-state index contributed by atoms with van der Waals surface area (Å²) in [7, 11) is 0. The zero-order valence-corrected chi connectivity index (χ0v) is 17.4. The standard InChI is InChI=1S/C21H18F3N3O3S/c1-3-30-20(29)16-12-25-27(18(16)21(22,23)24)14-10-8-13(9-11-14)26-19(28)15-6-4-5-7-17(15)31-2/h4-12H,3H2,1-2H3,(H,26,28).